The first kappa shape index (κ1) is 15.5. The lowest BCUT2D eigenvalue weighted by atomic mass is 9.53. The second-order valence-electron chi connectivity index (χ2n) is 7.45. The number of hydrogen-bond donors (Lipinski definition) is 1. The number of aliphatic hydroxyl groups is 1. The number of carbonyl (C=O) groups is 2. The summed E-state index contributed by atoms with van der Waals surface area (Å²) in [6.07, 6.45) is 4.12. The number of hydrogen-bond acceptors (Lipinski definition) is 5. The molecule has 5 heteroatoms. The molecule has 0 aromatic heterocycles. The van der Waals surface area contributed by atoms with Gasteiger partial charge in [-0.15, -0.1) is 0 Å². The summed E-state index contributed by atoms with van der Waals surface area (Å²) in [5.41, 5.74) is 0.563. The first-order valence-electron chi connectivity index (χ1n) is 8.03. The zero-order valence-corrected chi connectivity index (χ0v) is 13.5. The van der Waals surface area contributed by atoms with Crippen LogP contribution in [0.5, 0.6) is 0 Å². The Morgan fingerprint density at radius 1 is 1.36 bits per heavy atom. The molecule has 2 aliphatic carbocycles. The fraction of sp³-hybridized carbons (Fsp3) is 0.765. The van der Waals surface area contributed by atoms with Gasteiger partial charge in [0.2, 0.25) is 0 Å². The van der Waals surface area contributed by atoms with Crippen molar-refractivity contribution in [2.75, 3.05) is 6.61 Å². The average Bonchev–Trinajstić information content (AvgIpc) is 2.70. The minimum Gasteiger partial charge on any atom is -0.461 e. The van der Waals surface area contributed by atoms with E-state index < -0.39 is 17.5 Å². The lowest BCUT2D eigenvalue weighted by molar-refractivity contribution is -0.169. The largest absolute Gasteiger partial charge is 0.461 e. The van der Waals surface area contributed by atoms with Gasteiger partial charge in [0, 0.05) is 12.8 Å². The maximum absolute atomic E-state index is 12.2. The lowest BCUT2D eigenvalue weighted by Gasteiger charge is -2.54. The summed E-state index contributed by atoms with van der Waals surface area (Å²) < 4.78 is 10.6. The third-order valence-electron chi connectivity index (χ3n) is 5.75. The first-order valence-corrected chi connectivity index (χ1v) is 8.03. The molecule has 3 rings (SSSR count). The average molecular weight is 308 g/mol. The summed E-state index contributed by atoms with van der Waals surface area (Å²) in [5, 5.41) is 10.9. The van der Waals surface area contributed by atoms with Crippen LogP contribution >= 0.6 is 0 Å². The highest BCUT2D eigenvalue weighted by Crippen LogP contribution is 2.57. The molecule has 1 N–H and O–H groups in total. The van der Waals surface area contributed by atoms with Crippen molar-refractivity contribution in [3.63, 3.8) is 0 Å². The van der Waals surface area contributed by atoms with Crippen LogP contribution in [-0.2, 0) is 19.1 Å². The highest BCUT2D eigenvalue weighted by Gasteiger charge is 2.58. The van der Waals surface area contributed by atoms with Gasteiger partial charge >= 0.3 is 11.9 Å². The molecule has 0 radical (unpaired) electrons. The highest BCUT2D eigenvalue weighted by molar-refractivity contribution is 5.93. The Kier molecular flexibility index (Phi) is 3.59. The van der Waals surface area contributed by atoms with Gasteiger partial charge in [0.15, 0.2) is 0 Å². The van der Waals surface area contributed by atoms with Crippen LogP contribution in [0.2, 0.25) is 0 Å². The number of esters is 2. The van der Waals surface area contributed by atoms with Crippen molar-refractivity contribution in [1.82, 2.24) is 0 Å². The predicted octanol–water partition coefficient (Wildman–Crippen LogP) is 2.12. The normalized spacial score (nSPS) is 40.8. The van der Waals surface area contributed by atoms with E-state index in [9.17, 15) is 14.7 Å². The number of ether oxygens (including phenoxy) is 2. The molecule has 1 heterocycles. The first-order chi connectivity index (χ1) is 10.2. The third kappa shape index (κ3) is 2.35. The van der Waals surface area contributed by atoms with E-state index in [0.717, 1.165) is 37.7 Å². The molecular weight excluding hydrogens is 284 g/mol. The zero-order valence-electron chi connectivity index (χ0n) is 13.5. The van der Waals surface area contributed by atoms with Crippen molar-refractivity contribution >= 4 is 11.9 Å². The Balaban J connectivity index is 1.94. The van der Waals surface area contributed by atoms with E-state index in [1.54, 1.807) is 0 Å². The van der Waals surface area contributed by atoms with E-state index in [1.807, 2.05) is 6.92 Å². The Bertz CT molecular complexity index is 547. The molecule has 0 aromatic rings. The van der Waals surface area contributed by atoms with Gasteiger partial charge in [-0.3, -0.25) is 4.79 Å². The van der Waals surface area contributed by atoms with Crippen molar-refractivity contribution in [2.24, 2.45) is 11.3 Å². The third-order valence-corrected chi connectivity index (χ3v) is 5.75. The molecular formula is C17H24O5. The van der Waals surface area contributed by atoms with Gasteiger partial charge in [-0.25, -0.2) is 4.79 Å². The monoisotopic (exact) mass is 308 g/mol. The van der Waals surface area contributed by atoms with Crippen LogP contribution in [-0.4, -0.2) is 35.4 Å². The minimum absolute atomic E-state index is 0.00687. The van der Waals surface area contributed by atoms with Crippen molar-refractivity contribution in [1.29, 1.82) is 0 Å². The van der Waals surface area contributed by atoms with E-state index in [2.05, 4.69) is 6.92 Å². The summed E-state index contributed by atoms with van der Waals surface area (Å²) in [6.45, 7) is 5.36. The van der Waals surface area contributed by atoms with Crippen molar-refractivity contribution in [3.8, 4) is 0 Å². The smallest absolute Gasteiger partial charge is 0.338 e. The molecule has 5 nitrogen and oxygen atoms in total. The van der Waals surface area contributed by atoms with Gasteiger partial charge in [-0.05, 0) is 43.6 Å². The van der Waals surface area contributed by atoms with Gasteiger partial charge in [-0.2, -0.15) is 0 Å². The second kappa shape index (κ2) is 5.08. The highest BCUT2D eigenvalue weighted by atomic mass is 16.6. The van der Waals surface area contributed by atoms with Gasteiger partial charge in [0.25, 0.3) is 0 Å². The topological polar surface area (TPSA) is 72.8 Å². The number of rotatable bonds is 2. The summed E-state index contributed by atoms with van der Waals surface area (Å²) >= 11 is 0. The zero-order chi connectivity index (χ0) is 16.1. The van der Waals surface area contributed by atoms with Crippen molar-refractivity contribution in [2.45, 2.75) is 64.6 Å². The van der Waals surface area contributed by atoms with Crippen LogP contribution in [0, 0.1) is 11.3 Å². The molecule has 3 aliphatic rings. The van der Waals surface area contributed by atoms with Crippen LogP contribution in [0.3, 0.4) is 0 Å². The maximum atomic E-state index is 12.2. The van der Waals surface area contributed by atoms with E-state index in [4.69, 9.17) is 9.47 Å². The number of fused-ring (bicyclic) bond motifs is 3. The van der Waals surface area contributed by atoms with E-state index >= 15 is 0 Å². The Labute approximate surface area is 130 Å². The summed E-state index contributed by atoms with van der Waals surface area (Å²) in [4.78, 5) is 23.2. The molecule has 22 heavy (non-hydrogen) atoms. The molecule has 2 saturated carbocycles. The molecule has 0 aromatic carbocycles. The lowest BCUT2D eigenvalue weighted by Crippen LogP contribution is -2.56. The molecule has 0 amide bonds. The van der Waals surface area contributed by atoms with Gasteiger partial charge in [-0.1, -0.05) is 13.3 Å². The second-order valence-corrected chi connectivity index (χ2v) is 7.45. The summed E-state index contributed by atoms with van der Waals surface area (Å²) in [6, 6.07) is 0. The summed E-state index contributed by atoms with van der Waals surface area (Å²) in [5.74, 6) is -0.891. The SMILES string of the molecule is CC(=O)OCC1=C2CC[C@@]3(C)CCC[C@@](C)(O)[C@@H]3[C@H]2OC1=O. The molecule has 0 saturated heterocycles. The van der Waals surface area contributed by atoms with Crippen LogP contribution < -0.4 is 0 Å². The van der Waals surface area contributed by atoms with E-state index in [-0.39, 0.29) is 24.0 Å². The Hall–Kier alpha value is -1.36. The summed E-state index contributed by atoms with van der Waals surface area (Å²) in [7, 11) is 0. The standard InChI is InChI=1S/C17H24O5/c1-10(18)21-9-12-11-5-8-16(2)6-4-7-17(3,20)14(16)13(11)22-15(12)19/h13-14,20H,4-9H2,1-3H3/t13-,14+,16+,17+/m0/s1. The number of carbonyl (C=O) groups excluding carboxylic acids is 2. The van der Waals surface area contributed by atoms with Crippen LogP contribution in [0.1, 0.15) is 52.9 Å². The molecule has 122 valence electrons. The maximum Gasteiger partial charge on any atom is 0.338 e. The van der Waals surface area contributed by atoms with Gasteiger partial charge in [0.1, 0.15) is 12.7 Å². The molecule has 1 aliphatic heterocycles. The molecule has 2 fully saturated rings. The van der Waals surface area contributed by atoms with Gasteiger partial charge < -0.3 is 14.6 Å². The van der Waals surface area contributed by atoms with Crippen LogP contribution in [0.4, 0.5) is 0 Å². The Morgan fingerprint density at radius 2 is 2.09 bits per heavy atom. The fourth-order valence-electron chi connectivity index (χ4n) is 4.75. The molecule has 0 bridgehead atoms. The van der Waals surface area contributed by atoms with Crippen LogP contribution in [0.25, 0.3) is 0 Å². The predicted molar refractivity (Wildman–Crippen MR) is 78.8 cm³/mol. The molecule has 0 spiro atoms. The molecule has 0 unspecified atom stereocenters. The van der Waals surface area contributed by atoms with Crippen molar-refractivity contribution in [3.05, 3.63) is 11.1 Å². The van der Waals surface area contributed by atoms with E-state index in [0.29, 0.717) is 5.57 Å². The van der Waals surface area contributed by atoms with Gasteiger partial charge in [0.05, 0.1) is 11.2 Å². The minimum atomic E-state index is -0.833. The fourth-order valence-corrected chi connectivity index (χ4v) is 4.75. The van der Waals surface area contributed by atoms with Crippen LogP contribution in [0.15, 0.2) is 11.1 Å². The Morgan fingerprint density at radius 3 is 2.77 bits per heavy atom. The van der Waals surface area contributed by atoms with Crippen molar-refractivity contribution < 1.29 is 24.2 Å². The molecule has 4 atom stereocenters. The quantitative estimate of drug-likeness (QED) is 0.791. The van der Waals surface area contributed by atoms with E-state index in [1.165, 1.54) is 6.92 Å².